The van der Waals surface area contributed by atoms with Crippen LogP contribution in [0.5, 0.6) is 0 Å². The molecule has 1 heteroatoms. The molecule has 0 spiro atoms. The Bertz CT molecular complexity index is 3110. The van der Waals surface area contributed by atoms with Gasteiger partial charge in [-0.3, -0.25) is 0 Å². The van der Waals surface area contributed by atoms with Crippen molar-refractivity contribution in [3.8, 4) is 27.9 Å². The van der Waals surface area contributed by atoms with Crippen molar-refractivity contribution in [2.24, 2.45) is 0 Å². The molecule has 1 aliphatic carbocycles. The lowest BCUT2D eigenvalue weighted by Crippen LogP contribution is -2.21. The molecule has 0 N–H and O–H groups in total. The minimum Gasteiger partial charge on any atom is -0.309 e. The Kier molecular flexibility index (Phi) is 10.1. The summed E-state index contributed by atoms with van der Waals surface area (Å²) in [5, 5.41) is 10.2. The standard InChI is InChI=1S/C29H17N.C28H28/c1-3-10-24-20(6-1)13-16-26-28(24)29-25-11-4-2-7-21(25)14-17-27(29)30(26)23-15-12-19-8-5-9-22(19)18-23;1-4-6-8-12-22(3)28(5-2)27-16-11-15-26(21-27)25-19-17-24(18-20-25)23-13-9-7-10-14-23/h1-7,9-18H;4,6-21,28H,1,5H2,2-3H3/b;8-6-,22-12?. The summed E-state index contributed by atoms with van der Waals surface area (Å²) in [6.07, 6.45) is 13.3. The second-order valence-electron chi connectivity index (χ2n) is 15.0. The Morgan fingerprint density at radius 1 is 0.603 bits per heavy atom. The molecule has 0 saturated carbocycles. The summed E-state index contributed by atoms with van der Waals surface area (Å²) in [5.41, 5.74) is 14.7. The van der Waals surface area contributed by atoms with Gasteiger partial charge in [-0.1, -0.05) is 183 Å². The highest BCUT2D eigenvalue weighted by molar-refractivity contribution is 6.28. The van der Waals surface area contributed by atoms with Crippen LogP contribution in [0.1, 0.15) is 31.7 Å². The predicted molar refractivity (Wildman–Crippen MR) is 251 cm³/mol. The first-order valence-corrected chi connectivity index (χ1v) is 20.2. The predicted octanol–water partition coefficient (Wildman–Crippen LogP) is 14.0. The molecule has 9 aromatic rings. The molecule has 1 aliphatic rings. The second-order valence-corrected chi connectivity index (χ2v) is 15.0. The van der Waals surface area contributed by atoms with Crippen LogP contribution in [-0.2, 0) is 0 Å². The lowest BCUT2D eigenvalue weighted by Gasteiger charge is -2.17. The molecule has 1 nitrogen and oxygen atoms in total. The maximum absolute atomic E-state index is 3.74. The highest BCUT2D eigenvalue weighted by Crippen LogP contribution is 2.40. The molecule has 58 heavy (non-hydrogen) atoms. The van der Waals surface area contributed by atoms with Crippen LogP contribution in [0, 0.1) is 0 Å². The SMILES string of the molecule is C1=CC=c2cc(-n3c4ccc5ccccc5c4c4c5ccccc5ccc43)ccc2=1.C=C/C=C\C=C(C)C(CC)c1cccc(-c2ccc(-c3ccccc3)cc2)c1. The first kappa shape index (κ1) is 36.5. The third kappa shape index (κ3) is 6.94. The Balaban J connectivity index is 0.000000151. The van der Waals surface area contributed by atoms with Crippen molar-refractivity contribution in [3.63, 3.8) is 0 Å². The van der Waals surface area contributed by atoms with Crippen LogP contribution in [-0.4, -0.2) is 4.57 Å². The van der Waals surface area contributed by atoms with Gasteiger partial charge >= 0.3 is 0 Å². The number of allylic oxidation sites excluding steroid dienone is 6. The Labute approximate surface area is 340 Å². The molecule has 0 amide bonds. The molecule has 0 radical (unpaired) electrons. The fraction of sp³-hybridized carbons (Fsp3) is 0.0702. The number of aromatic nitrogens is 1. The average Bonchev–Trinajstić information content (AvgIpc) is 3.90. The van der Waals surface area contributed by atoms with Crippen molar-refractivity contribution in [2.45, 2.75) is 26.2 Å². The smallest absolute Gasteiger partial charge is 0.0547 e. The van der Waals surface area contributed by atoms with Gasteiger partial charge in [0.25, 0.3) is 0 Å². The summed E-state index contributed by atoms with van der Waals surface area (Å²) >= 11 is 0. The van der Waals surface area contributed by atoms with Crippen LogP contribution in [0.2, 0.25) is 0 Å². The summed E-state index contributed by atoms with van der Waals surface area (Å²) in [6, 6.07) is 61.4. The van der Waals surface area contributed by atoms with Gasteiger partial charge in [0.05, 0.1) is 11.0 Å². The first-order valence-electron chi connectivity index (χ1n) is 20.2. The highest BCUT2D eigenvalue weighted by Gasteiger charge is 2.17. The van der Waals surface area contributed by atoms with Crippen LogP contribution in [0.3, 0.4) is 0 Å². The van der Waals surface area contributed by atoms with E-state index in [0.717, 1.165) is 11.6 Å². The monoisotopic (exact) mass is 743 g/mol. The third-order valence-corrected chi connectivity index (χ3v) is 11.5. The summed E-state index contributed by atoms with van der Waals surface area (Å²) in [5.74, 6) is 0.429. The topological polar surface area (TPSA) is 4.93 Å². The van der Waals surface area contributed by atoms with Gasteiger partial charge < -0.3 is 4.57 Å². The van der Waals surface area contributed by atoms with Gasteiger partial charge in [0.1, 0.15) is 0 Å². The van der Waals surface area contributed by atoms with E-state index in [2.05, 4.69) is 219 Å². The minimum absolute atomic E-state index is 0.429. The van der Waals surface area contributed by atoms with Crippen molar-refractivity contribution in [2.75, 3.05) is 0 Å². The highest BCUT2D eigenvalue weighted by atomic mass is 15.0. The van der Waals surface area contributed by atoms with Crippen LogP contribution < -0.4 is 10.4 Å². The van der Waals surface area contributed by atoms with Crippen LogP contribution in [0.15, 0.2) is 212 Å². The van der Waals surface area contributed by atoms with Gasteiger partial charge in [0.15, 0.2) is 0 Å². The van der Waals surface area contributed by atoms with Gasteiger partial charge in [-0.25, -0.2) is 0 Å². The van der Waals surface area contributed by atoms with Crippen molar-refractivity contribution in [1.82, 2.24) is 4.57 Å². The van der Waals surface area contributed by atoms with Crippen LogP contribution in [0.25, 0.3) is 83.1 Å². The number of benzene rings is 8. The number of nitrogens with zero attached hydrogens (tertiary/aromatic N) is 1. The van der Waals surface area contributed by atoms with E-state index in [-0.39, 0.29) is 0 Å². The molecule has 0 bridgehead atoms. The molecular weight excluding hydrogens is 699 g/mol. The Morgan fingerprint density at radius 3 is 1.86 bits per heavy atom. The van der Waals surface area contributed by atoms with Crippen molar-refractivity contribution in [3.05, 3.63) is 228 Å². The minimum atomic E-state index is 0.429. The van der Waals surface area contributed by atoms with E-state index in [1.165, 1.54) is 87.6 Å². The van der Waals surface area contributed by atoms with Crippen LogP contribution >= 0.6 is 0 Å². The van der Waals surface area contributed by atoms with E-state index in [4.69, 9.17) is 0 Å². The fourth-order valence-electron chi connectivity index (χ4n) is 8.65. The quantitative estimate of drug-likeness (QED) is 0.137. The first-order chi connectivity index (χ1) is 28.6. The molecule has 8 aromatic carbocycles. The average molecular weight is 744 g/mol. The second kappa shape index (κ2) is 16.1. The van der Waals surface area contributed by atoms with E-state index in [9.17, 15) is 0 Å². The van der Waals surface area contributed by atoms with Crippen LogP contribution in [0.4, 0.5) is 0 Å². The number of rotatable bonds is 8. The Morgan fingerprint density at radius 2 is 1.21 bits per heavy atom. The summed E-state index contributed by atoms with van der Waals surface area (Å²) < 4.78 is 2.41. The summed E-state index contributed by atoms with van der Waals surface area (Å²) in [7, 11) is 0. The van der Waals surface area contributed by atoms with Crippen molar-refractivity contribution >= 4 is 55.2 Å². The van der Waals surface area contributed by atoms with Gasteiger partial charge in [0.2, 0.25) is 0 Å². The van der Waals surface area contributed by atoms with E-state index < -0.39 is 0 Å². The van der Waals surface area contributed by atoms with E-state index in [1.54, 1.807) is 0 Å². The normalized spacial score (nSPS) is 12.7. The fourth-order valence-corrected chi connectivity index (χ4v) is 8.65. The third-order valence-electron chi connectivity index (χ3n) is 11.5. The lowest BCUT2D eigenvalue weighted by molar-refractivity contribution is 0.760. The zero-order valence-electron chi connectivity index (χ0n) is 33.1. The van der Waals surface area contributed by atoms with E-state index in [1.807, 2.05) is 18.2 Å². The largest absolute Gasteiger partial charge is 0.309 e. The molecule has 1 unspecified atom stereocenters. The molecular formula is C57H45N. The molecule has 0 saturated heterocycles. The van der Waals surface area contributed by atoms with Gasteiger partial charge in [-0.05, 0) is 110 Å². The summed E-state index contributed by atoms with van der Waals surface area (Å²) in [6.45, 7) is 8.20. The number of hydrogen-bond donors (Lipinski definition) is 0. The number of fused-ring (bicyclic) bond motifs is 8. The molecule has 1 atom stereocenters. The zero-order valence-corrected chi connectivity index (χ0v) is 33.1. The zero-order chi connectivity index (χ0) is 39.4. The molecule has 1 aromatic heterocycles. The molecule has 10 rings (SSSR count). The van der Waals surface area contributed by atoms with Gasteiger partial charge in [-0.2, -0.15) is 0 Å². The molecule has 278 valence electrons. The summed E-state index contributed by atoms with van der Waals surface area (Å²) in [4.78, 5) is 0. The molecule has 1 heterocycles. The van der Waals surface area contributed by atoms with Crippen molar-refractivity contribution < 1.29 is 0 Å². The Hall–Kier alpha value is -7.18. The van der Waals surface area contributed by atoms with E-state index >= 15 is 0 Å². The molecule has 0 fully saturated rings. The van der Waals surface area contributed by atoms with Crippen molar-refractivity contribution in [1.29, 1.82) is 0 Å². The van der Waals surface area contributed by atoms with E-state index in [0.29, 0.717) is 5.92 Å². The van der Waals surface area contributed by atoms with Gasteiger partial charge in [0, 0.05) is 27.6 Å². The number of hydrogen-bond acceptors (Lipinski definition) is 0. The van der Waals surface area contributed by atoms with Gasteiger partial charge in [-0.15, -0.1) is 5.73 Å². The molecule has 0 aliphatic heterocycles. The maximum atomic E-state index is 3.74. The maximum Gasteiger partial charge on any atom is 0.0547 e. The lowest BCUT2D eigenvalue weighted by atomic mass is 9.87.